The second-order valence-electron chi connectivity index (χ2n) is 27.6. The van der Waals surface area contributed by atoms with E-state index in [-0.39, 0.29) is 37.5 Å². The van der Waals surface area contributed by atoms with Crippen LogP contribution < -0.4 is 30.2 Å². The summed E-state index contributed by atoms with van der Waals surface area (Å²) < 4.78 is 26.0. The van der Waals surface area contributed by atoms with Crippen molar-refractivity contribution in [3.05, 3.63) is 191 Å². The van der Waals surface area contributed by atoms with Crippen LogP contribution in [0.15, 0.2) is 126 Å². The molecule has 0 aromatic heterocycles. The van der Waals surface area contributed by atoms with Crippen molar-refractivity contribution in [2.45, 2.75) is 129 Å². The molecule has 16 heteroatoms. The van der Waals surface area contributed by atoms with Crippen molar-refractivity contribution < 1.29 is 46.8 Å². The van der Waals surface area contributed by atoms with E-state index >= 15 is 0 Å². The van der Waals surface area contributed by atoms with Gasteiger partial charge in [0, 0.05) is 78.4 Å². The zero-order valence-electron chi connectivity index (χ0n) is 55.1. The number of rotatable bonds is 15. The summed E-state index contributed by atoms with van der Waals surface area (Å²) >= 11 is 18.5. The van der Waals surface area contributed by atoms with Gasteiger partial charge in [-0.15, -0.1) is 0 Å². The molecule has 486 valence electrons. The lowest BCUT2D eigenvalue weighted by Gasteiger charge is -2.40. The largest absolute Gasteiger partial charge is 0.488 e. The predicted octanol–water partition coefficient (Wildman–Crippen LogP) is 16.4. The highest BCUT2D eigenvalue weighted by molar-refractivity contribution is 6.31. The molecule has 2 saturated carbocycles. The van der Waals surface area contributed by atoms with E-state index < -0.39 is 0 Å². The molecule has 4 heterocycles. The molecule has 3 fully saturated rings. The van der Waals surface area contributed by atoms with Crippen molar-refractivity contribution in [3.63, 3.8) is 0 Å². The third-order valence-electron chi connectivity index (χ3n) is 19.2. The van der Waals surface area contributed by atoms with E-state index in [2.05, 4.69) is 94.6 Å². The number of fused-ring (bicyclic) bond motifs is 3. The van der Waals surface area contributed by atoms with Crippen LogP contribution in [0.2, 0.25) is 15.1 Å². The van der Waals surface area contributed by atoms with Crippen LogP contribution in [0.3, 0.4) is 0 Å². The Morgan fingerprint density at radius 3 is 0.967 bits per heavy atom. The highest BCUT2D eigenvalue weighted by Crippen LogP contribution is 2.37. The van der Waals surface area contributed by atoms with Gasteiger partial charge in [-0.3, -0.25) is 14.4 Å². The number of halogens is 3. The summed E-state index contributed by atoms with van der Waals surface area (Å²) in [6.07, 6.45) is 19.9. The summed E-state index contributed by atoms with van der Waals surface area (Å²) in [5.74, 6) is 1.93. The van der Waals surface area contributed by atoms with E-state index in [1.165, 1.54) is 74.5 Å². The number of anilines is 3. The lowest BCUT2D eigenvalue weighted by Crippen LogP contribution is -2.50. The topological polar surface area (TPSA) is 124 Å². The maximum atomic E-state index is 12.8. The van der Waals surface area contributed by atoms with Crippen molar-refractivity contribution >= 4 is 87.8 Å². The minimum Gasteiger partial charge on any atom is -0.488 e. The van der Waals surface area contributed by atoms with Crippen LogP contribution in [0.25, 0.3) is 18.2 Å². The first-order valence-electron chi connectivity index (χ1n) is 32.6. The van der Waals surface area contributed by atoms with Gasteiger partial charge < -0.3 is 48.3 Å². The molecule has 3 N–H and O–H groups in total. The highest BCUT2D eigenvalue weighted by Gasteiger charge is 2.34. The van der Waals surface area contributed by atoms with E-state index in [4.69, 9.17) is 53.8 Å². The van der Waals surface area contributed by atoms with Gasteiger partial charge in [0.05, 0.1) is 90.3 Å². The quantitative estimate of drug-likeness (QED) is 0.0875. The molecule has 0 unspecified atom stereocenters. The van der Waals surface area contributed by atoms with Gasteiger partial charge in [0.1, 0.15) is 56.7 Å². The van der Waals surface area contributed by atoms with Gasteiger partial charge in [-0.1, -0.05) is 77.6 Å². The van der Waals surface area contributed by atoms with Crippen molar-refractivity contribution in [2.24, 2.45) is 0 Å². The molecular formula is C76H92Cl3N6O7+3. The highest BCUT2D eigenvalue weighted by atomic mass is 35.5. The van der Waals surface area contributed by atoms with Crippen LogP contribution in [0.5, 0.6) is 17.2 Å². The van der Waals surface area contributed by atoms with Crippen LogP contribution >= 0.6 is 34.8 Å². The van der Waals surface area contributed by atoms with Gasteiger partial charge >= 0.3 is 0 Å². The maximum Gasteiger partial charge on any atom is 0.255 e. The fourth-order valence-electron chi connectivity index (χ4n) is 14.0. The Labute approximate surface area is 560 Å². The van der Waals surface area contributed by atoms with Gasteiger partial charge in [0.25, 0.3) is 17.7 Å². The number of ether oxygens (including phenoxy) is 4. The van der Waals surface area contributed by atoms with E-state index in [0.29, 0.717) is 37.8 Å². The summed E-state index contributed by atoms with van der Waals surface area (Å²) in [5.41, 5.74) is 13.4. The van der Waals surface area contributed by atoms with Gasteiger partial charge in [0.2, 0.25) is 0 Å². The molecule has 92 heavy (non-hydrogen) atoms. The van der Waals surface area contributed by atoms with Crippen LogP contribution in [0.1, 0.15) is 121 Å². The molecule has 12 rings (SSSR count). The lowest BCUT2D eigenvalue weighted by molar-refractivity contribution is -0.929. The monoisotopic (exact) mass is 1310 g/mol. The molecule has 0 bridgehead atoms. The summed E-state index contributed by atoms with van der Waals surface area (Å²) in [7, 11) is 13.9. The molecular weight excluding hydrogens is 1220 g/mol. The second-order valence-corrected chi connectivity index (χ2v) is 28.9. The first-order chi connectivity index (χ1) is 43.9. The maximum absolute atomic E-state index is 12.8. The smallest absolute Gasteiger partial charge is 0.255 e. The third kappa shape index (κ3) is 17.6. The average Bonchev–Trinajstić information content (AvgIpc) is 1.79. The number of nitrogens with zero attached hydrogens (tertiary/aromatic N) is 3. The number of carbonyl (C=O) groups is 3. The number of carbonyl (C=O) groups excluding carboxylic acids is 3. The SMILES string of the molecule is Cc1cc(Cl)cc2c1OCC(C(=O)Nc1ccc(C[N+](C)(C)C3CCCC3)cc1)=C2.Cc1cc(Cl)cc2c1OCC(C(=O)Nc1ccc(C[N+](C)(C)C3CCCCC3)cc1)=C2.Cc1cc(Cl)cc2c1OCC(C(=O)Nc1ccc(C[N+](C)(C)C3CCOCC3)cc1)=C2. The first-order valence-corrected chi connectivity index (χ1v) is 33.8. The van der Waals surface area contributed by atoms with Crippen molar-refractivity contribution in [3.8, 4) is 17.2 Å². The molecule has 1 saturated heterocycles. The Hall–Kier alpha value is -6.94. The molecule has 13 nitrogen and oxygen atoms in total. The first kappa shape index (κ1) is 67.9. The number of benzene rings is 6. The summed E-state index contributed by atoms with van der Waals surface area (Å²) in [6.45, 7) is 11.3. The number of amides is 3. The number of nitrogens with one attached hydrogen (secondary N) is 3. The number of aryl methyl sites for hydroxylation is 3. The molecule has 0 atom stereocenters. The summed E-state index contributed by atoms with van der Waals surface area (Å²) in [4.78, 5) is 38.3. The lowest BCUT2D eigenvalue weighted by atomic mass is 9.92. The van der Waals surface area contributed by atoms with Gasteiger partial charge in [-0.25, -0.2) is 0 Å². The Bertz CT molecular complexity index is 3560. The van der Waals surface area contributed by atoms with Crippen LogP contribution in [0, 0.1) is 20.8 Å². The minimum absolute atomic E-state index is 0.144. The average molecular weight is 1310 g/mol. The molecule has 4 aliphatic heterocycles. The second kappa shape index (κ2) is 30.0. The predicted molar refractivity (Wildman–Crippen MR) is 375 cm³/mol. The fraction of sp³-hybridized carbons (Fsp3) is 0.408. The zero-order chi connectivity index (χ0) is 65.3. The molecule has 6 aliphatic rings. The van der Waals surface area contributed by atoms with Crippen LogP contribution in [-0.2, 0) is 38.8 Å². The van der Waals surface area contributed by atoms with Crippen molar-refractivity contribution in [1.29, 1.82) is 0 Å². The van der Waals surface area contributed by atoms with Crippen molar-refractivity contribution in [1.82, 2.24) is 0 Å². The molecule has 2 aliphatic carbocycles. The van der Waals surface area contributed by atoms with E-state index in [1.54, 1.807) is 0 Å². The normalized spacial score (nSPS) is 16.8. The van der Waals surface area contributed by atoms with E-state index in [1.807, 2.05) is 112 Å². The number of hydrogen-bond donors (Lipinski definition) is 3. The number of hydrogen-bond acceptors (Lipinski definition) is 7. The Balaban J connectivity index is 0.000000151. The van der Waals surface area contributed by atoms with E-state index in [9.17, 15) is 14.4 Å². The molecule has 0 spiro atoms. The summed E-state index contributed by atoms with van der Waals surface area (Å²) in [6, 6.07) is 37.8. The van der Waals surface area contributed by atoms with Gasteiger partial charge in [0.15, 0.2) is 0 Å². The number of quaternary nitrogens is 3. The standard InChI is InChI=1S/C26H31ClN2O2.C25H29ClN2O3.C25H29ClN2O2/c1-18-13-22(27)15-20-14-21(17-31-25(18)20)26(30)28-23-11-9-19(10-12-23)16-29(2,3)24-7-5-4-6-8-24;1-17-12-21(26)14-19-13-20(16-31-24(17)19)25(29)27-22-6-4-18(5-7-22)15-28(2,3)23-8-10-30-11-9-23;1-17-12-21(26)14-19-13-20(16-30-24(17)19)25(29)27-22-10-8-18(9-11-22)15-28(2,3)23-6-4-5-7-23/h9-15,24H,4-8,16-17H2,1-3H3;4-7,12-14,23H,8-11,15-16H2,1-3H3;8-14,23H,4-7,15-16H2,1-3H3/p+3. The Kier molecular flexibility index (Phi) is 22.1. The van der Waals surface area contributed by atoms with Gasteiger partial charge in [-0.2, -0.15) is 0 Å². The Morgan fingerprint density at radius 1 is 0.402 bits per heavy atom. The molecule has 6 aromatic rings. The zero-order valence-corrected chi connectivity index (χ0v) is 57.4. The molecule has 6 aromatic carbocycles. The van der Waals surface area contributed by atoms with Crippen LogP contribution in [0.4, 0.5) is 17.1 Å². The van der Waals surface area contributed by atoms with Gasteiger partial charge in [-0.05, 0) is 180 Å². The third-order valence-corrected chi connectivity index (χ3v) is 19.9. The molecule has 3 amide bonds. The Morgan fingerprint density at radius 2 is 0.674 bits per heavy atom. The minimum atomic E-state index is -0.158. The molecule has 0 radical (unpaired) electrons. The fourth-order valence-corrected chi connectivity index (χ4v) is 14.8. The van der Waals surface area contributed by atoms with Crippen molar-refractivity contribution in [2.75, 3.05) is 91.3 Å². The van der Waals surface area contributed by atoms with Crippen LogP contribution in [-0.4, -0.2) is 125 Å². The summed E-state index contributed by atoms with van der Waals surface area (Å²) in [5, 5.41) is 10.9. The van der Waals surface area contributed by atoms with E-state index in [0.717, 1.165) is 139 Å².